The van der Waals surface area contributed by atoms with Crippen LogP contribution in [0.1, 0.15) is 49.4 Å². The van der Waals surface area contributed by atoms with Gasteiger partial charge in [-0.1, -0.05) is 24.6 Å². The van der Waals surface area contributed by atoms with E-state index in [0.29, 0.717) is 30.2 Å². The van der Waals surface area contributed by atoms with Crippen molar-refractivity contribution >= 4 is 39.1 Å². The Morgan fingerprint density at radius 1 is 1.17 bits per heavy atom. The Bertz CT molecular complexity index is 1300. The highest BCUT2D eigenvalue weighted by Gasteiger charge is 2.33. The molecule has 35 heavy (non-hydrogen) atoms. The lowest BCUT2D eigenvalue weighted by Crippen LogP contribution is -2.40. The van der Waals surface area contributed by atoms with E-state index in [1.54, 1.807) is 30.3 Å². The number of nitriles is 1. The third-order valence-corrected chi connectivity index (χ3v) is 7.33. The summed E-state index contributed by atoms with van der Waals surface area (Å²) in [6, 6.07) is 15.2. The first-order chi connectivity index (χ1) is 16.8. The van der Waals surface area contributed by atoms with Crippen molar-refractivity contribution < 1.29 is 22.7 Å². The van der Waals surface area contributed by atoms with E-state index in [1.807, 2.05) is 17.0 Å². The van der Waals surface area contributed by atoms with Gasteiger partial charge in [0.2, 0.25) is 0 Å². The molecule has 2 aromatic rings. The summed E-state index contributed by atoms with van der Waals surface area (Å²) in [6.45, 7) is 2.26. The molecule has 4 rings (SSSR count). The van der Waals surface area contributed by atoms with E-state index in [0.717, 1.165) is 19.3 Å². The van der Waals surface area contributed by atoms with Crippen LogP contribution in [0.5, 0.6) is 0 Å². The molecule has 1 amide bonds. The Kier molecular flexibility index (Phi) is 7.17. The standard InChI is InChI=1S/C25H26N4O5S/c1-18(24(30)28(16-8-14-26)20-9-4-2-5-10-20)34-25(31)19-12-13-21-22(17-19)35(32,33)27-23-11-6-3-7-15-29(21)23/h2,4-5,9-10,12-13,17-18H,3,6-8,11,15-16H2,1H3/t18-/m1/s1. The largest absolute Gasteiger partial charge is 0.449 e. The van der Waals surface area contributed by atoms with Gasteiger partial charge in [-0.05, 0) is 50.1 Å². The molecule has 0 bridgehead atoms. The molecule has 182 valence electrons. The molecule has 0 radical (unpaired) electrons. The van der Waals surface area contributed by atoms with E-state index >= 15 is 0 Å². The highest BCUT2D eigenvalue weighted by molar-refractivity contribution is 7.90. The van der Waals surface area contributed by atoms with Crippen LogP contribution in [0.2, 0.25) is 0 Å². The third-order valence-electron chi connectivity index (χ3n) is 6.00. The quantitative estimate of drug-likeness (QED) is 0.562. The minimum atomic E-state index is -3.96. The van der Waals surface area contributed by atoms with Gasteiger partial charge in [0, 0.05) is 25.2 Å². The number of ether oxygens (including phenoxy) is 1. The Labute approximate surface area is 204 Å². The molecule has 0 aliphatic carbocycles. The first-order valence-electron chi connectivity index (χ1n) is 11.5. The van der Waals surface area contributed by atoms with E-state index in [9.17, 15) is 18.0 Å². The van der Waals surface area contributed by atoms with Crippen LogP contribution in [-0.2, 0) is 19.6 Å². The highest BCUT2D eigenvalue weighted by atomic mass is 32.2. The molecule has 1 saturated heterocycles. The summed E-state index contributed by atoms with van der Waals surface area (Å²) in [5.74, 6) is -0.769. The second kappa shape index (κ2) is 10.3. The zero-order valence-electron chi connectivity index (χ0n) is 19.4. The maximum absolute atomic E-state index is 13.1. The molecular weight excluding hydrogens is 468 g/mol. The molecule has 2 heterocycles. The average Bonchev–Trinajstić information content (AvgIpc) is 3.09. The number of hydrogen-bond acceptors (Lipinski definition) is 7. The van der Waals surface area contributed by atoms with Gasteiger partial charge in [0.1, 0.15) is 10.7 Å². The SMILES string of the molecule is C[C@@H](OC(=O)c1ccc2c(c1)S(=O)(=O)N=C1CCCCCN12)C(=O)N(CCC#N)c1ccccc1. The van der Waals surface area contributed by atoms with Crippen molar-refractivity contribution in [2.24, 2.45) is 4.40 Å². The molecule has 2 aromatic carbocycles. The molecule has 0 N–H and O–H groups in total. The molecule has 9 nitrogen and oxygen atoms in total. The van der Waals surface area contributed by atoms with Crippen molar-refractivity contribution in [1.29, 1.82) is 5.26 Å². The Hall–Kier alpha value is -3.71. The van der Waals surface area contributed by atoms with Gasteiger partial charge in [-0.15, -0.1) is 4.40 Å². The second-order valence-corrected chi connectivity index (χ2v) is 9.98. The summed E-state index contributed by atoms with van der Waals surface area (Å²) in [4.78, 5) is 29.2. The number of esters is 1. The molecule has 0 aromatic heterocycles. The van der Waals surface area contributed by atoms with Gasteiger partial charge < -0.3 is 14.5 Å². The lowest BCUT2D eigenvalue weighted by atomic mass is 10.1. The summed E-state index contributed by atoms with van der Waals surface area (Å²) in [7, 11) is -3.96. The molecule has 0 saturated carbocycles. The van der Waals surface area contributed by atoms with Gasteiger partial charge in [-0.2, -0.15) is 13.7 Å². The van der Waals surface area contributed by atoms with Crippen molar-refractivity contribution in [2.75, 3.05) is 22.9 Å². The number of nitrogens with zero attached hydrogens (tertiary/aromatic N) is 4. The molecule has 0 unspecified atom stereocenters. The summed E-state index contributed by atoms with van der Waals surface area (Å²) >= 11 is 0. The van der Waals surface area contributed by atoms with Crippen molar-refractivity contribution in [2.45, 2.75) is 50.0 Å². The maximum Gasteiger partial charge on any atom is 0.338 e. The third kappa shape index (κ3) is 5.20. The van der Waals surface area contributed by atoms with Crippen LogP contribution in [-0.4, -0.2) is 45.3 Å². The lowest BCUT2D eigenvalue weighted by Gasteiger charge is -2.29. The van der Waals surface area contributed by atoms with Gasteiger partial charge in [0.05, 0.1) is 23.7 Å². The normalized spacial score (nSPS) is 17.0. The number of amides is 1. The van der Waals surface area contributed by atoms with Gasteiger partial charge in [0.15, 0.2) is 6.10 Å². The van der Waals surface area contributed by atoms with E-state index in [2.05, 4.69) is 4.40 Å². The molecule has 1 fully saturated rings. The Balaban J connectivity index is 1.55. The van der Waals surface area contributed by atoms with Crippen LogP contribution in [0.3, 0.4) is 0 Å². The van der Waals surface area contributed by atoms with Crippen LogP contribution in [0, 0.1) is 11.3 Å². The second-order valence-electron chi connectivity index (χ2n) is 8.41. The molecule has 0 spiro atoms. The van der Waals surface area contributed by atoms with Gasteiger partial charge in [-0.3, -0.25) is 4.79 Å². The van der Waals surface area contributed by atoms with E-state index in [4.69, 9.17) is 10.00 Å². The zero-order valence-corrected chi connectivity index (χ0v) is 20.2. The Morgan fingerprint density at radius 2 is 1.94 bits per heavy atom. The maximum atomic E-state index is 13.1. The molecule has 2 aliphatic heterocycles. The first-order valence-corrected chi connectivity index (χ1v) is 13.0. The van der Waals surface area contributed by atoms with Crippen LogP contribution < -0.4 is 9.80 Å². The van der Waals surface area contributed by atoms with Crippen molar-refractivity contribution in [1.82, 2.24) is 0 Å². The predicted molar refractivity (Wildman–Crippen MR) is 131 cm³/mol. The van der Waals surface area contributed by atoms with E-state index in [1.165, 1.54) is 24.0 Å². The topological polar surface area (TPSA) is 120 Å². The summed E-state index contributed by atoms with van der Waals surface area (Å²) in [5.41, 5.74) is 1.11. The number of para-hydroxylation sites is 1. The van der Waals surface area contributed by atoms with Crippen molar-refractivity contribution in [3.8, 4) is 6.07 Å². The smallest absolute Gasteiger partial charge is 0.338 e. The number of hydrogen-bond donors (Lipinski definition) is 0. The average molecular weight is 495 g/mol. The minimum absolute atomic E-state index is 0.0173. The van der Waals surface area contributed by atoms with Crippen LogP contribution in [0.4, 0.5) is 11.4 Å². The summed E-state index contributed by atoms with van der Waals surface area (Å²) < 4.78 is 35.1. The van der Waals surface area contributed by atoms with Crippen LogP contribution in [0.25, 0.3) is 0 Å². The van der Waals surface area contributed by atoms with E-state index in [-0.39, 0.29) is 23.4 Å². The fraction of sp³-hybridized carbons (Fsp3) is 0.360. The van der Waals surface area contributed by atoms with Crippen molar-refractivity contribution in [3.05, 3.63) is 54.1 Å². The Morgan fingerprint density at radius 3 is 2.69 bits per heavy atom. The minimum Gasteiger partial charge on any atom is -0.449 e. The number of carbonyl (C=O) groups excluding carboxylic acids is 2. The van der Waals surface area contributed by atoms with Gasteiger partial charge in [-0.25, -0.2) is 4.79 Å². The molecule has 2 aliphatic rings. The number of carbonyl (C=O) groups is 2. The number of sulfonamides is 1. The van der Waals surface area contributed by atoms with Gasteiger partial charge in [0.25, 0.3) is 15.9 Å². The molecule has 10 heteroatoms. The number of fused-ring (bicyclic) bond motifs is 3. The number of anilines is 2. The highest BCUT2D eigenvalue weighted by Crippen LogP contribution is 2.35. The summed E-state index contributed by atoms with van der Waals surface area (Å²) in [5, 5.41) is 8.97. The number of amidine groups is 1. The summed E-state index contributed by atoms with van der Waals surface area (Å²) in [6.07, 6.45) is 2.35. The zero-order chi connectivity index (χ0) is 25.0. The molecule has 1 atom stereocenters. The number of rotatable bonds is 6. The van der Waals surface area contributed by atoms with Crippen LogP contribution >= 0.6 is 0 Å². The fourth-order valence-electron chi connectivity index (χ4n) is 4.24. The number of benzene rings is 2. The van der Waals surface area contributed by atoms with Gasteiger partial charge >= 0.3 is 5.97 Å². The lowest BCUT2D eigenvalue weighted by molar-refractivity contribution is -0.126. The monoisotopic (exact) mass is 494 g/mol. The fourth-order valence-corrected chi connectivity index (χ4v) is 5.53. The first kappa shape index (κ1) is 24.4. The predicted octanol–water partition coefficient (Wildman–Crippen LogP) is 3.66. The van der Waals surface area contributed by atoms with E-state index < -0.39 is 28.0 Å². The van der Waals surface area contributed by atoms with Crippen LogP contribution in [0.15, 0.2) is 57.8 Å². The van der Waals surface area contributed by atoms with Crippen molar-refractivity contribution in [3.63, 3.8) is 0 Å². The molecular formula is C25H26N4O5S.